The summed E-state index contributed by atoms with van der Waals surface area (Å²) in [7, 11) is 0. The van der Waals surface area contributed by atoms with Crippen LogP contribution < -0.4 is 5.32 Å². The summed E-state index contributed by atoms with van der Waals surface area (Å²) in [4.78, 5) is 20.0. The van der Waals surface area contributed by atoms with E-state index in [1.165, 1.54) is 28.4 Å². The number of carbonyl (C=O) groups excluding carboxylic acids is 1. The van der Waals surface area contributed by atoms with Gasteiger partial charge in [0.05, 0.1) is 28.6 Å². The van der Waals surface area contributed by atoms with Crippen LogP contribution in [0.25, 0.3) is 16.3 Å². The molecule has 0 saturated carbocycles. The number of hydrogen-bond acceptors (Lipinski definition) is 5. The van der Waals surface area contributed by atoms with Gasteiger partial charge in [0.1, 0.15) is 0 Å². The second-order valence-corrected chi connectivity index (χ2v) is 8.92. The lowest BCUT2D eigenvalue weighted by Gasteiger charge is -2.35. The lowest BCUT2D eigenvalue weighted by molar-refractivity contribution is -0.137. The minimum atomic E-state index is -4.43. The predicted molar refractivity (Wildman–Crippen MR) is 125 cm³/mol. The maximum Gasteiger partial charge on any atom is 0.416 e. The van der Waals surface area contributed by atoms with E-state index in [0.717, 1.165) is 22.6 Å². The number of nitrogens with one attached hydrogen (secondary N) is 1. The molecule has 6 nitrogen and oxygen atoms in total. The van der Waals surface area contributed by atoms with E-state index in [0.29, 0.717) is 22.7 Å². The minimum absolute atomic E-state index is 0.0761. The van der Waals surface area contributed by atoms with E-state index < -0.39 is 17.8 Å². The highest BCUT2D eigenvalue weighted by Crippen LogP contribution is 2.38. The molecule has 0 saturated heterocycles. The Bertz CT molecular complexity index is 1360. The highest BCUT2D eigenvalue weighted by Gasteiger charge is 2.36. The van der Waals surface area contributed by atoms with E-state index in [4.69, 9.17) is 4.52 Å². The van der Waals surface area contributed by atoms with E-state index in [1.807, 2.05) is 47.8 Å². The van der Waals surface area contributed by atoms with Gasteiger partial charge in [-0.3, -0.25) is 4.90 Å². The van der Waals surface area contributed by atoms with Crippen molar-refractivity contribution in [3.8, 4) is 10.7 Å². The number of hydrogen-bond donors (Lipinski definition) is 1. The standard InChI is InChI=1S/C25H19F3N4O2S/c1-15-20(23-30-22(31-34-23)19-8-5-13-35-19)21(17-6-3-2-4-7-17)29-24(33)32(15)14-16-9-11-18(12-10-16)25(26,27)28/h2-13,21H,14H2,1H3,(H,29,33). The first-order chi connectivity index (χ1) is 16.8. The number of thiophene rings is 1. The molecular weight excluding hydrogens is 477 g/mol. The molecule has 0 aliphatic carbocycles. The summed E-state index contributed by atoms with van der Waals surface area (Å²) in [5.41, 5.74) is 1.84. The molecule has 1 aliphatic heterocycles. The molecule has 2 aromatic carbocycles. The van der Waals surface area contributed by atoms with Crippen molar-refractivity contribution in [1.82, 2.24) is 20.4 Å². The Morgan fingerprint density at radius 3 is 2.46 bits per heavy atom. The van der Waals surface area contributed by atoms with Crippen molar-refractivity contribution in [3.63, 3.8) is 0 Å². The van der Waals surface area contributed by atoms with Crippen molar-refractivity contribution >= 4 is 22.9 Å². The number of carbonyl (C=O) groups is 1. The lowest BCUT2D eigenvalue weighted by atomic mass is 9.94. The Morgan fingerprint density at radius 2 is 1.80 bits per heavy atom. The molecule has 0 fully saturated rings. The van der Waals surface area contributed by atoms with Crippen molar-refractivity contribution in [2.24, 2.45) is 0 Å². The molecule has 10 heteroatoms. The first kappa shape index (κ1) is 22.9. The minimum Gasteiger partial charge on any atom is -0.334 e. The van der Waals surface area contributed by atoms with Crippen LogP contribution in [0.5, 0.6) is 0 Å². The molecular formula is C25H19F3N4O2S. The fourth-order valence-corrected chi connectivity index (χ4v) is 4.61. The molecule has 4 aromatic rings. The normalized spacial score (nSPS) is 16.5. The molecule has 1 aliphatic rings. The maximum atomic E-state index is 13.1. The Labute approximate surface area is 202 Å². The summed E-state index contributed by atoms with van der Waals surface area (Å²) in [6.45, 7) is 1.84. The summed E-state index contributed by atoms with van der Waals surface area (Å²) in [5, 5.41) is 9.01. The van der Waals surface area contributed by atoms with Crippen molar-refractivity contribution in [1.29, 1.82) is 0 Å². The number of amides is 2. The number of urea groups is 1. The van der Waals surface area contributed by atoms with Gasteiger partial charge < -0.3 is 9.84 Å². The number of halogens is 3. The van der Waals surface area contributed by atoms with Gasteiger partial charge in [-0.25, -0.2) is 4.79 Å². The topological polar surface area (TPSA) is 71.3 Å². The largest absolute Gasteiger partial charge is 0.416 e. The van der Waals surface area contributed by atoms with Gasteiger partial charge in [0.15, 0.2) is 0 Å². The average molecular weight is 497 g/mol. The van der Waals surface area contributed by atoms with Crippen molar-refractivity contribution in [2.75, 3.05) is 0 Å². The van der Waals surface area contributed by atoms with Crippen LogP contribution in [0, 0.1) is 0 Å². The van der Waals surface area contributed by atoms with Crippen LogP contribution in [-0.2, 0) is 12.7 Å². The molecule has 0 radical (unpaired) electrons. The van der Waals surface area contributed by atoms with Crippen molar-refractivity contribution in [2.45, 2.75) is 25.7 Å². The molecule has 2 amide bonds. The summed E-state index contributed by atoms with van der Waals surface area (Å²) >= 11 is 1.48. The number of benzene rings is 2. The zero-order valence-corrected chi connectivity index (χ0v) is 19.2. The Balaban J connectivity index is 1.54. The molecule has 1 unspecified atom stereocenters. The van der Waals surface area contributed by atoms with Crippen molar-refractivity contribution in [3.05, 3.63) is 100 Å². The fraction of sp³-hybridized carbons (Fsp3) is 0.160. The van der Waals surface area contributed by atoms with Gasteiger partial charge in [-0.2, -0.15) is 18.2 Å². The molecule has 1 N–H and O–H groups in total. The van der Waals surface area contributed by atoms with E-state index in [2.05, 4.69) is 15.5 Å². The monoisotopic (exact) mass is 496 g/mol. The number of aromatic nitrogens is 2. The number of alkyl halides is 3. The average Bonchev–Trinajstić information content (AvgIpc) is 3.54. The molecule has 35 heavy (non-hydrogen) atoms. The highest BCUT2D eigenvalue weighted by molar-refractivity contribution is 7.13. The molecule has 0 bridgehead atoms. The van der Waals surface area contributed by atoms with Gasteiger partial charge in [0, 0.05) is 5.70 Å². The van der Waals surface area contributed by atoms with Crippen LogP contribution in [0.1, 0.15) is 35.5 Å². The number of nitrogens with zero attached hydrogens (tertiary/aromatic N) is 3. The third kappa shape index (κ3) is 4.57. The van der Waals surface area contributed by atoms with Crippen molar-refractivity contribution < 1.29 is 22.5 Å². The smallest absolute Gasteiger partial charge is 0.334 e. The first-order valence-corrected chi connectivity index (χ1v) is 11.6. The van der Waals surface area contributed by atoms with Gasteiger partial charge in [-0.15, -0.1) is 11.3 Å². The van der Waals surface area contributed by atoms with Gasteiger partial charge >= 0.3 is 12.2 Å². The number of rotatable bonds is 5. The zero-order valence-electron chi connectivity index (χ0n) is 18.4. The molecule has 2 aromatic heterocycles. The Morgan fingerprint density at radius 1 is 1.06 bits per heavy atom. The Kier molecular flexibility index (Phi) is 5.89. The fourth-order valence-electron chi connectivity index (χ4n) is 3.96. The van der Waals surface area contributed by atoms with E-state index in [1.54, 1.807) is 6.92 Å². The van der Waals surface area contributed by atoms with Crippen LogP contribution in [0.15, 0.2) is 82.3 Å². The number of allylic oxidation sites excluding steroid dienone is 1. The van der Waals surface area contributed by atoms with E-state index in [-0.39, 0.29) is 18.5 Å². The molecule has 3 heterocycles. The quantitative estimate of drug-likeness (QED) is 0.342. The maximum absolute atomic E-state index is 13.1. The van der Waals surface area contributed by atoms with Gasteiger partial charge in [0.25, 0.3) is 5.89 Å². The summed E-state index contributed by atoms with van der Waals surface area (Å²) in [6.07, 6.45) is -4.43. The molecule has 0 spiro atoms. The second-order valence-electron chi connectivity index (χ2n) is 7.97. The molecule has 5 rings (SSSR count). The van der Waals surface area contributed by atoms with Crippen LogP contribution >= 0.6 is 11.3 Å². The van der Waals surface area contributed by atoms with Crippen LogP contribution in [-0.4, -0.2) is 21.1 Å². The van der Waals surface area contributed by atoms with E-state index in [9.17, 15) is 18.0 Å². The highest BCUT2D eigenvalue weighted by atomic mass is 32.1. The van der Waals surface area contributed by atoms with Gasteiger partial charge in [-0.1, -0.05) is 53.7 Å². The third-order valence-corrected chi connectivity index (χ3v) is 6.61. The second kappa shape index (κ2) is 9.03. The summed E-state index contributed by atoms with van der Waals surface area (Å²) in [6, 6.07) is 17.0. The lowest BCUT2D eigenvalue weighted by Crippen LogP contribution is -2.45. The summed E-state index contributed by atoms with van der Waals surface area (Å²) < 4.78 is 44.5. The third-order valence-electron chi connectivity index (χ3n) is 5.75. The SMILES string of the molecule is CC1=C(c2nc(-c3cccs3)no2)C(c2ccccc2)NC(=O)N1Cc1ccc(C(F)(F)F)cc1. The Hall–Kier alpha value is -3.92. The first-order valence-electron chi connectivity index (χ1n) is 10.7. The van der Waals surface area contributed by atoms with Gasteiger partial charge in [-0.05, 0) is 41.6 Å². The zero-order chi connectivity index (χ0) is 24.6. The van der Waals surface area contributed by atoms with Gasteiger partial charge in [0.2, 0.25) is 5.82 Å². The molecule has 178 valence electrons. The van der Waals surface area contributed by atoms with Crippen LogP contribution in [0.2, 0.25) is 0 Å². The predicted octanol–water partition coefficient (Wildman–Crippen LogP) is 6.51. The summed E-state index contributed by atoms with van der Waals surface area (Å²) in [5.74, 6) is 0.700. The van der Waals surface area contributed by atoms with E-state index >= 15 is 0 Å². The molecule has 1 atom stereocenters. The van der Waals surface area contributed by atoms with Crippen LogP contribution in [0.3, 0.4) is 0 Å². The van der Waals surface area contributed by atoms with Crippen LogP contribution in [0.4, 0.5) is 18.0 Å².